The highest BCUT2D eigenvalue weighted by molar-refractivity contribution is 6.33. The molecule has 3 N–H and O–H groups in total. The van der Waals surface area contributed by atoms with E-state index >= 15 is 0 Å². The Hall–Kier alpha value is 0.01000. The lowest BCUT2D eigenvalue weighted by Gasteiger charge is -2.22. The summed E-state index contributed by atoms with van der Waals surface area (Å²) in [4.78, 5) is 3.19. The molecule has 1 aliphatic rings. The molecule has 0 aromatic heterocycles. The van der Waals surface area contributed by atoms with Crippen molar-refractivity contribution in [3.63, 3.8) is 0 Å². The van der Waals surface area contributed by atoms with Crippen LogP contribution in [0, 0.1) is 0 Å². The van der Waals surface area contributed by atoms with Crippen molar-refractivity contribution in [2.75, 3.05) is 6.54 Å². The molecule has 0 aromatic rings. The highest BCUT2D eigenvalue weighted by Gasteiger charge is 2.37. The van der Waals surface area contributed by atoms with Gasteiger partial charge in [-0.2, -0.15) is 0 Å². The average molecular weight is 182 g/mol. The topological polar surface area (TPSA) is 50.4 Å². The van der Waals surface area contributed by atoms with Crippen LogP contribution in [0.25, 0.3) is 0 Å². The number of nitrogens with two attached hydrogens (primary N) is 1. The number of rotatable bonds is 2. The van der Waals surface area contributed by atoms with Gasteiger partial charge in [0.2, 0.25) is 0 Å². The van der Waals surface area contributed by atoms with Gasteiger partial charge in [0.15, 0.2) is 10.5 Å². The van der Waals surface area contributed by atoms with Gasteiger partial charge in [-0.1, -0.05) is 23.2 Å². The smallest absolute Gasteiger partial charge is 0.162 e. The molecule has 0 amide bonds. The van der Waals surface area contributed by atoms with E-state index in [0.29, 0.717) is 13.0 Å². The van der Waals surface area contributed by atoms with Crippen molar-refractivity contribution in [2.45, 2.75) is 16.9 Å². The first-order chi connectivity index (χ1) is 4.69. The van der Waals surface area contributed by atoms with Crippen molar-refractivity contribution in [1.82, 2.24) is 5.32 Å². The lowest BCUT2D eigenvalue weighted by Crippen LogP contribution is -2.42. The Morgan fingerprint density at radius 3 is 2.90 bits per heavy atom. The summed E-state index contributed by atoms with van der Waals surface area (Å²) in [5.74, 6) is 0. The van der Waals surface area contributed by atoms with Crippen LogP contribution >= 0.6 is 23.2 Å². The van der Waals surface area contributed by atoms with E-state index < -0.39 is 10.5 Å². The average Bonchev–Trinajstić information content (AvgIpc) is 2.15. The molecule has 58 valence electrons. The summed E-state index contributed by atoms with van der Waals surface area (Å²) < 4.78 is 0. The fraction of sp³-hybridized carbons (Fsp3) is 0.800. The van der Waals surface area contributed by atoms with E-state index in [4.69, 9.17) is 28.9 Å². The van der Waals surface area contributed by atoms with Gasteiger partial charge in [-0.05, 0) is 6.54 Å². The predicted octanol–water partition coefficient (Wildman–Crippen LogP) is 0.467. The summed E-state index contributed by atoms with van der Waals surface area (Å²) in [6.07, 6.45) is 2.13. The van der Waals surface area contributed by atoms with Gasteiger partial charge in [-0.3, -0.25) is 4.99 Å². The second-order valence-electron chi connectivity index (χ2n) is 2.16. The molecule has 10 heavy (non-hydrogen) atoms. The zero-order valence-electron chi connectivity index (χ0n) is 5.35. The molecule has 2 atom stereocenters. The SMILES string of the molecule is NCC[C@]1(Cl)NC=N[C@@H]1Cl. The molecule has 1 aliphatic heterocycles. The Balaban J connectivity index is 2.52. The molecule has 0 saturated carbocycles. The summed E-state index contributed by atoms with van der Waals surface area (Å²) in [5, 5.41) is 2.85. The van der Waals surface area contributed by atoms with Crippen LogP contribution in [-0.2, 0) is 0 Å². The third-order valence-electron chi connectivity index (χ3n) is 1.40. The van der Waals surface area contributed by atoms with Crippen LogP contribution < -0.4 is 11.1 Å². The number of alkyl halides is 2. The van der Waals surface area contributed by atoms with Gasteiger partial charge in [0.1, 0.15) is 0 Å². The predicted molar refractivity (Wildman–Crippen MR) is 43.5 cm³/mol. The molecule has 1 heterocycles. The van der Waals surface area contributed by atoms with Crippen LogP contribution in [0.4, 0.5) is 0 Å². The zero-order valence-corrected chi connectivity index (χ0v) is 6.86. The number of hydrogen-bond donors (Lipinski definition) is 2. The standard InChI is InChI=1S/C5H9Cl2N3/c6-4-5(7,1-2-8)10-3-9-4/h3-4H,1-2,8H2,(H,9,10)/t4-,5-/m0/s1. The number of aliphatic imine (C=N–C) groups is 1. The van der Waals surface area contributed by atoms with E-state index in [2.05, 4.69) is 10.3 Å². The molecule has 0 bridgehead atoms. The fourth-order valence-electron chi connectivity index (χ4n) is 0.798. The first kappa shape index (κ1) is 8.11. The minimum absolute atomic E-state index is 0.405. The van der Waals surface area contributed by atoms with E-state index in [1.807, 2.05) is 0 Å². The maximum Gasteiger partial charge on any atom is 0.162 e. The van der Waals surface area contributed by atoms with Crippen LogP contribution in [0.3, 0.4) is 0 Å². The third-order valence-corrected chi connectivity index (χ3v) is 2.50. The van der Waals surface area contributed by atoms with Crippen LogP contribution in [0.15, 0.2) is 4.99 Å². The summed E-state index contributed by atoms with van der Waals surface area (Å²) >= 11 is 11.7. The summed E-state index contributed by atoms with van der Waals surface area (Å²) in [5.41, 5.74) is 4.91. The van der Waals surface area contributed by atoms with Crippen molar-refractivity contribution < 1.29 is 0 Å². The number of hydrogen-bond acceptors (Lipinski definition) is 3. The van der Waals surface area contributed by atoms with Gasteiger partial charge in [-0.25, -0.2) is 0 Å². The van der Waals surface area contributed by atoms with Crippen LogP contribution in [0.1, 0.15) is 6.42 Å². The van der Waals surface area contributed by atoms with E-state index in [1.54, 1.807) is 0 Å². The van der Waals surface area contributed by atoms with Crippen LogP contribution in [0.2, 0.25) is 0 Å². The number of nitrogens with one attached hydrogen (secondary N) is 1. The lowest BCUT2D eigenvalue weighted by molar-refractivity contribution is 0.518. The minimum Gasteiger partial charge on any atom is -0.355 e. The Kier molecular flexibility index (Phi) is 2.39. The molecule has 0 fully saturated rings. The van der Waals surface area contributed by atoms with Crippen LogP contribution in [-0.4, -0.2) is 23.4 Å². The minimum atomic E-state index is -0.656. The summed E-state index contributed by atoms with van der Waals surface area (Å²) in [6, 6.07) is 0. The van der Waals surface area contributed by atoms with Gasteiger partial charge in [-0.15, -0.1) is 0 Å². The largest absolute Gasteiger partial charge is 0.355 e. The first-order valence-electron chi connectivity index (χ1n) is 3.01. The highest BCUT2D eigenvalue weighted by Crippen LogP contribution is 2.28. The van der Waals surface area contributed by atoms with Crippen molar-refractivity contribution >= 4 is 29.5 Å². The normalized spacial score (nSPS) is 38.1. The lowest BCUT2D eigenvalue weighted by atomic mass is 10.2. The fourth-order valence-corrected chi connectivity index (χ4v) is 1.24. The second-order valence-corrected chi connectivity index (χ2v) is 3.25. The van der Waals surface area contributed by atoms with Gasteiger partial charge in [0.05, 0.1) is 6.34 Å². The quantitative estimate of drug-likeness (QED) is 0.481. The third kappa shape index (κ3) is 1.36. The van der Waals surface area contributed by atoms with Gasteiger partial charge in [0, 0.05) is 6.42 Å². The monoisotopic (exact) mass is 181 g/mol. The van der Waals surface area contributed by atoms with E-state index in [9.17, 15) is 0 Å². The molecular formula is C5H9Cl2N3. The molecule has 0 spiro atoms. The molecule has 5 heteroatoms. The molecule has 0 aromatic carbocycles. The van der Waals surface area contributed by atoms with E-state index in [0.717, 1.165) is 0 Å². The molecule has 0 saturated heterocycles. The van der Waals surface area contributed by atoms with Gasteiger partial charge in [0.25, 0.3) is 0 Å². The summed E-state index contributed by atoms with van der Waals surface area (Å²) in [6.45, 7) is 0.503. The maximum absolute atomic E-state index is 5.97. The van der Waals surface area contributed by atoms with Gasteiger partial charge < -0.3 is 11.1 Å². The molecule has 1 rings (SSSR count). The molecule has 0 unspecified atom stereocenters. The molecule has 3 nitrogen and oxygen atoms in total. The number of nitrogens with zero attached hydrogens (tertiary/aromatic N) is 1. The highest BCUT2D eigenvalue weighted by atomic mass is 35.5. The maximum atomic E-state index is 5.97. The molecule has 0 radical (unpaired) electrons. The van der Waals surface area contributed by atoms with Crippen molar-refractivity contribution in [3.8, 4) is 0 Å². The van der Waals surface area contributed by atoms with Gasteiger partial charge >= 0.3 is 0 Å². The Morgan fingerprint density at radius 2 is 2.50 bits per heavy atom. The van der Waals surface area contributed by atoms with Crippen molar-refractivity contribution in [3.05, 3.63) is 0 Å². The Labute approximate surface area is 69.6 Å². The van der Waals surface area contributed by atoms with Crippen molar-refractivity contribution in [2.24, 2.45) is 10.7 Å². The zero-order chi connectivity index (χ0) is 7.61. The molecular weight excluding hydrogens is 173 g/mol. The van der Waals surface area contributed by atoms with Crippen molar-refractivity contribution in [1.29, 1.82) is 0 Å². The number of halogens is 2. The van der Waals surface area contributed by atoms with E-state index in [-0.39, 0.29) is 0 Å². The Bertz CT molecular complexity index is 150. The van der Waals surface area contributed by atoms with Crippen LogP contribution in [0.5, 0.6) is 0 Å². The first-order valence-corrected chi connectivity index (χ1v) is 3.83. The Morgan fingerprint density at radius 1 is 1.80 bits per heavy atom. The van der Waals surface area contributed by atoms with E-state index in [1.165, 1.54) is 6.34 Å². The summed E-state index contributed by atoms with van der Waals surface area (Å²) in [7, 11) is 0. The molecule has 0 aliphatic carbocycles. The second kappa shape index (κ2) is 2.95.